The molecule has 0 bridgehead atoms. The fourth-order valence-corrected chi connectivity index (χ4v) is 8.78. The van der Waals surface area contributed by atoms with Gasteiger partial charge in [-0.2, -0.15) is 26.3 Å². The predicted molar refractivity (Wildman–Crippen MR) is 214 cm³/mol. The van der Waals surface area contributed by atoms with Crippen LogP contribution in [0.5, 0.6) is 17.2 Å². The molecule has 57 heavy (non-hydrogen) atoms. The van der Waals surface area contributed by atoms with Crippen LogP contribution in [0.25, 0.3) is 28.0 Å². The molecule has 1 aliphatic carbocycles. The van der Waals surface area contributed by atoms with Crippen molar-refractivity contribution in [2.24, 2.45) is 0 Å². The van der Waals surface area contributed by atoms with Gasteiger partial charge in [0.05, 0.1) is 13.2 Å². The van der Waals surface area contributed by atoms with Crippen molar-refractivity contribution in [1.29, 1.82) is 0 Å². The first kappa shape index (κ1) is 40.3. The molecule has 0 radical (unpaired) electrons. The molecule has 0 unspecified atom stereocenters. The van der Waals surface area contributed by atoms with Crippen molar-refractivity contribution in [3.05, 3.63) is 130 Å². The van der Waals surface area contributed by atoms with Crippen molar-refractivity contribution >= 4 is 16.8 Å². The Hall–Kier alpha value is -4.92. The van der Waals surface area contributed by atoms with Gasteiger partial charge in [0, 0.05) is 40.3 Å². The van der Waals surface area contributed by atoms with Crippen LogP contribution in [0.2, 0.25) is 0 Å². The maximum absolute atomic E-state index is 13.8. The largest absolute Gasteiger partial charge is 0.494 e. The SMILES string of the molecule is CCCOc1ccc(C2(c3ccc(OCCC)cc3)C=Cc3c4c(c5ccc(C)cc5c3O2)-c2ccc(C)cc2C4(CCCC(F)(F)F)CCCC(F)(F)F)cc1. The Labute approximate surface area is 330 Å². The van der Waals surface area contributed by atoms with Crippen LogP contribution in [0, 0.1) is 13.8 Å². The first-order chi connectivity index (χ1) is 27.2. The van der Waals surface area contributed by atoms with Crippen LogP contribution in [0.15, 0.2) is 91.0 Å². The molecule has 1 heterocycles. The Kier molecular flexibility index (Phi) is 11.2. The molecule has 2 aliphatic rings. The van der Waals surface area contributed by atoms with Crippen LogP contribution in [-0.2, 0) is 11.0 Å². The van der Waals surface area contributed by atoms with E-state index in [-0.39, 0.29) is 25.7 Å². The molecule has 5 aromatic carbocycles. The molecule has 0 amide bonds. The summed E-state index contributed by atoms with van der Waals surface area (Å²) in [6.45, 7) is 9.12. The molecule has 0 fully saturated rings. The summed E-state index contributed by atoms with van der Waals surface area (Å²) in [4.78, 5) is 0. The van der Waals surface area contributed by atoms with Crippen LogP contribution in [0.4, 0.5) is 26.3 Å². The summed E-state index contributed by atoms with van der Waals surface area (Å²) in [6.07, 6.45) is -5.66. The summed E-state index contributed by atoms with van der Waals surface area (Å²) in [6, 6.07) is 27.5. The average molecular weight is 787 g/mol. The fourth-order valence-electron chi connectivity index (χ4n) is 8.78. The third-order valence-electron chi connectivity index (χ3n) is 11.3. The van der Waals surface area contributed by atoms with Gasteiger partial charge in [0.1, 0.15) is 17.2 Å². The number of aryl methyl sites for hydroxylation is 2. The van der Waals surface area contributed by atoms with Crippen LogP contribution in [0.3, 0.4) is 0 Å². The van der Waals surface area contributed by atoms with Crippen molar-refractivity contribution in [2.45, 2.75) is 102 Å². The normalized spacial score (nSPS) is 15.2. The molecule has 0 N–H and O–H groups in total. The highest BCUT2D eigenvalue weighted by Gasteiger charge is 2.49. The summed E-state index contributed by atoms with van der Waals surface area (Å²) in [5.74, 6) is 1.97. The highest BCUT2D eigenvalue weighted by Crippen LogP contribution is 2.61. The summed E-state index contributed by atoms with van der Waals surface area (Å²) in [5, 5.41) is 1.65. The van der Waals surface area contributed by atoms with E-state index in [1.807, 2.05) is 119 Å². The number of alkyl halides is 6. The van der Waals surface area contributed by atoms with Crippen LogP contribution in [-0.4, -0.2) is 25.6 Å². The van der Waals surface area contributed by atoms with Crippen molar-refractivity contribution in [2.75, 3.05) is 13.2 Å². The van der Waals surface area contributed by atoms with Gasteiger partial charge >= 0.3 is 12.4 Å². The van der Waals surface area contributed by atoms with E-state index in [2.05, 4.69) is 6.07 Å². The summed E-state index contributed by atoms with van der Waals surface area (Å²) in [5.41, 5.74) is 5.05. The number of rotatable bonds is 14. The Morgan fingerprint density at radius 3 is 1.68 bits per heavy atom. The monoisotopic (exact) mass is 786 g/mol. The number of hydrogen-bond donors (Lipinski definition) is 0. The summed E-state index contributed by atoms with van der Waals surface area (Å²) in [7, 11) is 0. The minimum absolute atomic E-state index is 0.0229. The second-order valence-electron chi connectivity index (χ2n) is 15.5. The third kappa shape index (κ3) is 7.99. The van der Waals surface area contributed by atoms with Crippen molar-refractivity contribution in [1.82, 2.24) is 0 Å². The molecule has 0 spiro atoms. The van der Waals surface area contributed by atoms with E-state index in [4.69, 9.17) is 14.2 Å². The highest BCUT2D eigenvalue weighted by molar-refractivity contribution is 6.08. The lowest BCUT2D eigenvalue weighted by molar-refractivity contribution is -0.136. The second-order valence-corrected chi connectivity index (χ2v) is 15.5. The average Bonchev–Trinajstić information content (AvgIpc) is 3.44. The zero-order valence-corrected chi connectivity index (χ0v) is 32.8. The lowest BCUT2D eigenvalue weighted by Crippen LogP contribution is -2.35. The quantitative estimate of drug-likeness (QED) is 0.105. The van der Waals surface area contributed by atoms with E-state index in [9.17, 15) is 26.3 Å². The van der Waals surface area contributed by atoms with Gasteiger partial charge in [-0.15, -0.1) is 0 Å². The zero-order chi connectivity index (χ0) is 40.6. The zero-order valence-electron chi connectivity index (χ0n) is 32.8. The number of fused-ring (bicyclic) bond motifs is 8. The number of benzene rings is 5. The Bertz CT molecular complexity index is 2180. The lowest BCUT2D eigenvalue weighted by Gasteiger charge is -2.40. The first-order valence-corrected chi connectivity index (χ1v) is 19.9. The predicted octanol–water partition coefficient (Wildman–Crippen LogP) is 14.1. The van der Waals surface area contributed by atoms with Crippen molar-refractivity contribution in [3.8, 4) is 28.4 Å². The second kappa shape index (κ2) is 15.8. The molecule has 3 nitrogen and oxygen atoms in total. The molecule has 0 saturated carbocycles. The smallest absolute Gasteiger partial charge is 0.389 e. The van der Waals surface area contributed by atoms with Gasteiger partial charge in [0.15, 0.2) is 5.60 Å². The van der Waals surface area contributed by atoms with E-state index >= 15 is 0 Å². The Balaban J connectivity index is 1.49. The maximum atomic E-state index is 13.8. The number of ether oxygens (including phenoxy) is 3. The minimum atomic E-state index is -4.42. The van der Waals surface area contributed by atoms with Crippen molar-refractivity contribution < 1.29 is 40.6 Å². The topological polar surface area (TPSA) is 27.7 Å². The number of halogens is 6. The summed E-state index contributed by atoms with van der Waals surface area (Å²) < 4.78 is 102. The van der Waals surface area contributed by atoms with Gasteiger partial charge in [-0.1, -0.05) is 85.6 Å². The van der Waals surface area contributed by atoms with E-state index in [0.717, 1.165) is 68.1 Å². The van der Waals surface area contributed by atoms with Crippen LogP contribution >= 0.6 is 0 Å². The molecule has 7 rings (SSSR count). The van der Waals surface area contributed by atoms with Gasteiger partial charge in [0.25, 0.3) is 0 Å². The van der Waals surface area contributed by atoms with Gasteiger partial charge < -0.3 is 14.2 Å². The molecule has 0 atom stereocenters. The Morgan fingerprint density at radius 1 is 0.632 bits per heavy atom. The van der Waals surface area contributed by atoms with Gasteiger partial charge in [-0.25, -0.2) is 0 Å². The van der Waals surface area contributed by atoms with Gasteiger partial charge in [-0.3, -0.25) is 0 Å². The first-order valence-electron chi connectivity index (χ1n) is 19.9. The lowest BCUT2D eigenvalue weighted by atomic mass is 9.68. The third-order valence-corrected chi connectivity index (χ3v) is 11.3. The van der Waals surface area contributed by atoms with Gasteiger partial charge in [0.2, 0.25) is 0 Å². The fraction of sp³-hybridized carbons (Fsp3) is 0.375. The van der Waals surface area contributed by atoms with Gasteiger partial charge in [-0.05, 0) is 116 Å². The van der Waals surface area contributed by atoms with E-state index in [1.165, 1.54) is 0 Å². The van der Waals surface area contributed by atoms with Crippen LogP contribution in [0.1, 0.15) is 104 Å². The molecule has 9 heteroatoms. The standard InChI is InChI=1S/C48H48F6O3/c1-5-27-55-35-15-11-33(12-16-35)46(34-13-17-36(18-14-34)56-28-6-2)26-21-39-43-42(37-19-9-31(3)29-40(37)44(39)57-46)38-20-10-32(4)30-41(38)45(43,22-7-24-47(49,50)51)23-8-25-48(52,53)54/h9-21,26,29-30H,5-8,22-25,27-28H2,1-4H3. The highest BCUT2D eigenvalue weighted by atomic mass is 19.4. The summed E-state index contributed by atoms with van der Waals surface area (Å²) >= 11 is 0. The molecule has 300 valence electrons. The van der Waals surface area contributed by atoms with E-state index < -0.39 is 36.2 Å². The molecular weight excluding hydrogens is 739 g/mol. The molecule has 0 aromatic heterocycles. The van der Waals surface area contributed by atoms with Crippen molar-refractivity contribution in [3.63, 3.8) is 0 Å². The molecular formula is C48H48F6O3. The molecule has 0 saturated heterocycles. The van der Waals surface area contributed by atoms with E-state index in [1.54, 1.807) is 0 Å². The number of hydrogen-bond acceptors (Lipinski definition) is 3. The molecule has 1 aliphatic heterocycles. The Morgan fingerprint density at radius 2 is 1.16 bits per heavy atom. The maximum Gasteiger partial charge on any atom is 0.389 e. The minimum Gasteiger partial charge on any atom is -0.494 e. The van der Waals surface area contributed by atoms with E-state index in [0.29, 0.717) is 36.0 Å². The van der Waals surface area contributed by atoms with Crippen LogP contribution < -0.4 is 14.2 Å². The molecule has 5 aromatic rings.